The van der Waals surface area contributed by atoms with E-state index in [9.17, 15) is 9.59 Å². The number of carbonyl (C=O) groups is 2. The van der Waals surface area contributed by atoms with Crippen molar-refractivity contribution in [1.82, 2.24) is 0 Å². The van der Waals surface area contributed by atoms with Crippen LogP contribution < -0.4 is 0 Å². The van der Waals surface area contributed by atoms with Crippen LogP contribution in [0.1, 0.15) is 51.4 Å². The lowest BCUT2D eigenvalue weighted by Gasteiger charge is -2.20. The van der Waals surface area contributed by atoms with Crippen LogP contribution in [0.4, 0.5) is 0 Å². The minimum Gasteiger partial charge on any atom is -0.478 e. The first-order valence-electron chi connectivity index (χ1n) is 7.73. The summed E-state index contributed by atoms with van der Waals surface area (Å²) in [6.45, 7) is 3.16. The van der Waals surface area contributed by atoms with E-state index >= 15 is 0 Å². The molecule has 2 aliphatic carbocycles. The summed E-state index contributed by atoms with van der Waals surface area (Å²) in [6, 6.07) is 0. The molecule has 118 valence electrons. The quantitative estimate of drug-likeness (QED) is 0.634. The fourth-order valence-corrected chi connectivity index (χ4v) is 3.31. The Bertz CT molecular complexity index is 368. The molecule has 2 rings (SSSR count). The normalized spacial score (nSPS) is 18.5. The van der Waals surface area contributed by atoms with Crippen LogP contribution in [0.2, 0.25) is 0 Å². The zero-order chi connectivity index (χ0) is 15.7. The number of ether oxygens (including phenoxy) is 1. The molecule has 2 saturated carbocycles. The van der Waals surface area contributed by atoms with Gasteiger partial charge in [0.1, 0.15) is 0 Å². The average Bonchev–Trinajstić information content (AvgIpc) is 3.17. The van der Waals surface area contributed by atoms with Gasteiger partial charge in [0.15, 0.2) is 0 Å². The van der Waals surface area contributed by atoms with Gasteiger partial charge in [-0.2, -0.15) is 0 Å². The maximum absolute atomic E-state index is 10.8. The van der Waals surface area contributed by atoms with E-state index in [1.165, 1.54) is 70.1 Å². The molecule has 0 radical (unpaired) electrons. The lowest BCUT2D eigenvalue weighted by Crippen LogP contribution is -2.10. The van der Waals surface area contributed by atoms with Crippen molar-refractivity contribution in [2.45, 2.75) is 51.4 Å². The summed E-state index contributed by atoms with van der Waals surface area (Å²) >= 11 is 0. The van der Waals surface area contributed by atoms with E-state index in [1.807, 2.05) is 0 Å². The van der Waals surface area contributed by atoms with Crippen LogP contribution in [-0.2, 0) is 14.3 Å². The number of carboxylic acids is 1. The highest BCUT2D eigenvalue weighted by atomic mass is 16.5. The molecule has 0 aromatic heterocycles. The van der Waals surface area contributed by atoms with E-state index in [-0.39, 0.29) is 0 Å². The number of hydrogen-bond acceptors (Lipinski definition) is 3. The van der Waals surface area contributed by atoms with Crippen LogP contribution >= 0.6 is 0 Å². The molecular weight excluding hydrogens is 268 g/mol. The van der Waals surface area contributed by atoms with E-state index in [0.29, 0.717) is 11.8 Å². The van der Waals surface area contributed by atoms with Gasteiger partial charge in [-0.1, -0.05) is 37.8 Å². The summed E-state index contributed by atoms with van der Waals surface area (Å²) in [7, 11) is 1.31. The summed E-state index contributed by atoms with van der Waals surface area (Å²) in [5.74, 6) is 0.0344. The van der Waals surface area contributed by atoms with Gasteiger partial charge < -0.3 is 9.84 Å². The second-order valence-corrected chi connectivity index (χ2v) is 5.67. The van der Waals surface area contributed by atoms with Crippen molar-refractivity contribution in [2.24, 2.45) is 11.8 Å². The first kappa shape index (κ1) is 17.5. The SMILES string of the molecule is C=CC(=O)OC.O=C(O)C=C(C1CCCC1)C1CCCC1. The van der Waals surface area contributed by atoms with Gasteiger partial charge in [-0.3, -0.25) is 0 Å². The Labute approximate surface area is 126 Å². The zero-order valence-electron chi connectivity index (χ0n) is 12.8. The third-order valence-corrected chi connectivity index (χ3v) is 4.31. The number of allylic oxidation sites excluding steroid dienone is 1. The van der Waals surface area contributed by atoms with E-state index in [2.05, 4.69) is 11.3 Å². The second-order valence-electron chi connectivity index (χ2n) is 5.67. The molecule has 2 aliphatic rings. The molecule has 0 spiro atoms. The Kier molecular flexibility index (Phi) is 7.80. The third-order valence-electron chi connectivity index (χ3n) is 4.31. The zero-order valence-corrected chi connectivity index (χ0v) is 12.8. The Morgan fingerprint density at radius 3 is 1.71 bits per heavy atom. The number of methoxy groups -OCH3 is 1. The molecule has 0 bridgehead atoms. The van der Waals surface area contributed by atoms with Crippen LogP contribution in [0, 0.1) is 11.8 Å². The summed E-state index contributed by atoms with van der Waals surface area (Å²) in [5.41, 5.74) is 1.26. The Morgan fingerprint density at radius 2 is 1.48 bits per heavy atom. The van der Waals surface area contributed by atoms with Gasteiger partial charge >= 0.3 is 11.9 Å². The largest absolute Gasteiger partial charge is 0.478 e. The summed E-state index contributed by atoms with van der Waals surface area (Å²) in [4.78, 5) is 20.7. The molecule has 2 fully saturated rings. The molecular formula is C17H26O4. The van der Waals surface area contributed by atoms with E-state index in [1.54, 1.807) is 0 Å². The van der Waals surface area contributed by atoms with E-state index in [0.717, 1.165) is 6.08 Å². The van der Waals surface area contributed by atoms with Gasteiger partial charge in [0.05, 0.1) is 7.11 Å². The van der Waals surface area contributed by atoms with Crippen LogP contribution in [0.5, 0.6) is 0 Å². The van der Waals surface area contributed by atoms with Gasteiger partial charge in [0, 0.05) is 12.2 Å². The molecule has 1 N–H and O–H groups in total. The lowest BCUT2D eigenvalue weighted by atomic mass is 9.85. The van der Waals surface area contributed by atoms with Gasteiger partial charge in [0.25, 0.3) is 0 Å². The number of carboxylic acid groups (broad SMARTS) is 1. The van der Waals surface area contributed by atoms with Crippen molar-refractivity contribution in [3.05, 3.63) is 24.3 Å². The van der Waals surface area contributed by atoms with Gasteiger partial charge in [-0.15, -0.1) is 0 Å². The third kappa shape index (κ3) is 6.15. The van der Waals surface area contributed by atoms with E-state index in [4.69, 9.17) is 5.11 Å². The molecule has 0 atom stereocenters. The second kappa shape index (κ2) is 9.37. The summed E-state index contributed by atoms with van der Waals surface area (Å²) < 4.78 is 4.14. The molecule has 0 heterocycles. The van der Waals surface area contributed by atoms with Crippen LogP contribution in [0.3, 0.4) is 0 Å². The predicted octanol–water partition coefficient (Wildman–Crippen LogP) is 3.72. The molecule has 0 aromatic carbocycles. The number of hydrogen-bond donors (Lipinski definition) is 1. The van der Waals surface area contributed by atoms with Crippen molar-refractivity contribution < 1.29 is 19.4 Å². The van der Waals surface area contributed by atoms with Crippen molar-refractivity contribution in [3.8, 4) is 0 Å². The molecule has 0 aromatic rings. The number of aliphatic carboxylic acids is 1. The Balaban J connectivity index is 0.000000315. The topological polar surface area (TPSA) is 63.6 Å². The molecule has 4 nitrogen and oxygen atoms in total. The van der Waals surface area contributed by atoms with Crippen LogP contribution in [0.15, 0.2) is 24.3 Å². The standard InChI is InChI=1S/C13H20O2.C4H6O2/c14-13(15)9-12(10-5-1-2-6-10)11-7-3-4-8-11;1-3-4(5)6-2/h9-11H,1-8H2,(H,14,15);3H,1H2,2H3. The van der Waals surface area contributed by atoms with Crippen molar-refractivity contribution in [2.75, 3.05) is 7.11 Å². The molecule has 21 heavy (non-hydrogen) atoms. The summed E-state index contributed by atoms with van der Waals surface area (Å²) in [6.07, 6.45) is 12.6. The number of carbonyl (C=O) groups excluding carboxylic acids is 1. The Morgan fingerprint density at radius 1 is 1.05 bits per heavy atom. The van der Waals surface area contributed by atoms with Crippen LogP contribution in [0.25, 0.3) is 0 Å². The highest BCUT2D eigenvalue weighted by Gasteiger charge is 2.28. The molecule has 0 saturated heterocycles. The molecule has 4 heteroatoms. The van der Waals surface area contributed by atoms with Gasteiger partial charge in [-0.05, 0) is 37.5 Å². The molecule has 0 aliphatic heterocycles. The monoisotopic (exact) mass is 294 g/mol. The minimum atomic E-state index is -0.746. The van der Waals surface area contributed by atoms with Gasteiger partial charge in [-0.25, -0.2) is 9.59 Å². The smallest absolute Gasteiger partial charge is 0.329 e. The molecule has 0 unspecified atom stereocenters. The fourth-order valence-electron chi connectivity index (χ4n) is 3.31. The summed E-state index contributed by atoms with van der Waals surface area (Å²) in [5, 5.41) is 8.93. The minimum absolute atomic E-state index is 0.394. The fraction of sp³-hybridized carbons (Fsp3) is 0.647. The number of esters is 1. The van der Waals surface area contributed by atoms with Crippen LogP contribution in [-0.4, -0.2) is 24.2 Å². The lowest BCUT2D eigenvalue weighted by molar-refractivity contribution is -0.135. The van der Waals surface area contributed by atoms with Gasteiger partial charge in [0.2, 0.25) is 0 Å². The maximum Gasteiger partial charge on any atom is 0.329 e. The van der Waals surface area contributed by atoms with Crippen molar-refractivity contribution >= 4 is 11.9 Å². The molecule has 0 amide bonds. The van der Waals surface area contributed by atoms with Crippen molar-refractivity contribution in [3.63, 3.8) is 0 Å². The predicted molar refractivity (Wildman–Crippen MR) is 81.8 cm³/mol. The highest BCUT2D eigenvalue weighted by Crippen LogP contribution is 2.41. The maximum atomic E-state index is 10.8. The first-order valence-corrected chi connectivity index (χ1v) is 7.73. The average molecular weight is 294 g/mol. The highest BCUT2D eigenvalue weighted by molar-refractivity contribution is 5.81. The number of rotatable bonds is 4. The first-order chi connectivity index (χ1) is 10.1. The van der Waals surface area contributed by atoms with E-state index < -0.39 is 11.9 Å². The Hall–Kier alpha value is -1.58. The van der Waals surface area contributed by atoms with Crippen molar-refractivity contribution in [1.29, 1.82) is 0 Å².